The third kappa shape index (κ3) is 4.87. The molecule has 0 atom stereocenters. The van der Waals surface area contributed by atoms with Gasteiger partial charge in [-0.1, -0.05) is 29.6 Å². The van der Waals surface area contributed by atoms with E-state index in [9.17, 15) is 30.9 Å². The molecule has 0 N–H and O–H groups in total. The zero-order valence-electron chi connectivity index (χ0n) is 14.5. The van der Waals surface area contributed by atoms with Crippen molar-refractivity contribution in [3.05, 3.63) is 90.0 Å². The van der Waals surface area contributed by atoms with Crippen molar-refractivity contribution in [1.29, 1.82) is 0 Å². The second kappa shape index (κ2) is 7.92. The van der Waals surface area contributed by atoms with E-state index in [-0.39, 0.29) is 10.6 Å². The lowest BCUT2D eigenvalue weighted by Crippen LogP contribution is -2.16. The normalized spacial score (nSPS) is 12.8. The molecule has 0 unspecified atom stereocenters. The van der Waals surface area contributed by atoms with Crippen LogP contribution in [0.2, 0.25) is 0 Å². The summed E-state index contributed by atoms with van der Waals surface area (Å²) in [4.78, 5) is 0.579. The third-order valence-electron chi connectivity index (χ3n) is 4.05. The minimum atomic E-state index is -4.55. The van der Waals surface area contributed by atoms with Crippen molar-refractivity contribution >= 4 is 28.3 Å². The Bertz CT molecular complexity index is 951. The molecule has 0 saturated carbocycles. The quantitative estimate of drug-likeness (QED) is 0.326. The van der Waals surface area contributed by atoms with E-state index in [4.69, 9.17) is 0 Å². The summed E-state index contributed by atoms with van der Waals surface area (Å²) in [5, 5.41) is 0.221. The van der Waals surface area contributed by atoms with Crippen LogP contribution >= 0.6 is 17.7 Å². The summed E-state index contributed by atoms with van der Waals surface area (Å²) < 4.78 is 91.1. The van der Waals surface area contributed by atoms with Gasteiger partial charge in [-0.05, 0) is 60.7 Å². The molecule has 152 valence electrons. The van der Waals surface area contributed by atoms with Gasteiger partial charge in [0.2, 0.25) is 0 Å². The number of benzene rings is 3. The molecule has 0 saturated heterocycles. The largest absolute Gasteiger partial charge is 0.416 e. The molecule has 0 amide bonds. The van der Waals surface area contributed by atoms with Gasteiger partial charge in [0, 0.05) is 15.5 Å². The van der Waals surface area contributed by atoms with E-state index in [1.54, 1.807) is 30.3 Å². The van der Waals surface area contributed by atoms with Crippen LogP contribution in [0.15, 0.2) is 83.8 Å². The molecule has 0 heterocycles. The SMILES string of the molecule is O=P(Sc1ccccc1)(c1ccc(C(F)(F)F)cc1)c1ccc(C(F)(F)F)cc1. The first-order chi connectivity index (χ1) is 13.5. The molecule has 0 fully saturated rings. The van der Waals surface area contributed by atoms with Crippen molar-refractivity contribution in [2.45, 2.75) is 17.2 Å². The lowest BCUT2D eigenvalue weighted by Gasteiger charge is -2.20. The molecule has 0 aromatic heterocycles. The Balaban J connectivity index is 2.08. The molecule has 9 heteroatoms. The highest BCUT2D eigenvalue weighted by Gasteiger charge is 2.35. The van der Waals surface area contributed by atoms with Crippen molar-refractivity contribution in [2.24, 2.45) is 0 Å². The van der Waals surface area contributed by atoms with Crippen molar-refractivity contribution in [3.63, 3.8) is 0 Å². The highest BCUT2D eigenvalue weighted by molar-refractivity contribution is 8.62. The maximum Gasteiger partial charge on any atom is 0.416 e. The maximum atomic E-state index is 13.9. The summed E-state index contributed by atoms with van der Waals surface area (Å²) in [6.45, 7) is 0. The van der Waals surface area contributed by atoms with Crippen molar-refractivity contribution < 1.29 is 30.9 Å². The van der Waals surface area contributed by atoms with Gasteiger partial charge in [0.25, 0.3) is 0 Å². The van der Waals surface area contributed by atoms with Crippen LogP contribution in [0.1, 0.15) is 11.1 Å². The maximum absolute atomic E-state index is 13.9. The van der Waals surface area contributed by atoms with Crippen LogP contribution < -0.4 is 10.6 Å². The molecule has 0 bridgehead atoms. The summed E-state index contributed by atoms with van der Waals surface area (Å²) in [6.07, 6.45) is -12.7. The molecule has 3 rings (SSSR count). The van der Waals surface area contributed by atoms with Gasteiger partial charge in [-0.15, -0.1) is 0 Å². The number of hydrogen-bond donors (Lipinski definition) is 0. The van der Waals surface area contributed by atoms with Gasteiger partial charge in [-0.2, -0.15) is 26.3 Å². The minimum Gasteiger partial charge on any atom is -0.302 e. The third-order valence-corrected chi connectivity index (χ3v) is 9.41. The van der Waals surface area contributed by atoms with Crippen LogP contribution in [0.25, 0.3) is 0 Å². The van der Waals surface area contributed by atoms with Gasteiger partial charge in [0.15, 0.2) is 6.34 Å². The Morgan fingerprint density at radius 3 is 1.31 bits per heavy atom. The lowest BCUT2D eigenvalue weighted by molar-refractivity contribution is -0.138. The Kier molecular flexibility index (Phi) is 5.88. The van der Waals surface area contributed by atoms with Crippen molar-refractivity contribution in [2.75, 3.05) is 0 Å². The molecular formula is C20H13F6OPS. The van der Waals surface area contributed by atoms with Crippen molar-refractivity contribution in [1.82, 2.24) is 0 Å². The van der Waals surface area contributed by atoms with Gasteiger partial charge in [-0.3, -0.25) is 0 Å². The van der Waals surface area contributed by atoms with Crippen LogP contribution in [0.5, 0.6) is 0 Å². The number of hydrogen-bond acceptors (Lipinski definition) is 2. The fraction of sp³-hybridized carbons (Fsp3) is 0.100. The van der Waals surface area contributed by atoms with Gasteiger partial charge in [-0.25, -0.2) is 0 Å². The smallest absolute Gasteiger partial charge is 0.302 e. The van der Waals surface area contributed by atoms with Crippen LogP contribution in [0.3, 0.4) is 0 Å². The Morgan fingerprint density at radius 1 is 0.586 bits per heavy atom. The molecule has 0 aliphatic carbocycles. The summed E-state index contributed by atoms with van der Waals surface area (Å²) in [5.74, 6) is 0. The molecule has 3 aromatic rings. The molecule has 0 spiro atoms. The Labute approximate surface area is 166 Å². The predicted molar refractivity (Wildman–Crippen MR) is 102 cm³/mol. The first-order valence-electron chi connectivity index (χ1n) is 8.20. The van der Waals surface area contributed by atoms with E-state index >= 15 is 0 Å². The van der Waals surface area contributed by atoms with Crippen molar-refractivity contribution in [3.8, 4) is 0 Å². The van der Waals surface area contributed by atoms with Crippen LogP contribution in [0.4, 0.5) is 26.3 Å². The molecule has 0 aliphatic heterocycles. The predicted octanol–water partition coefficient (Wildman–Crippen LogP) is 6.75. The van der Waals surface area contributed by atoms with Crippen LogP contribution in [-0.2, 0) is 16.9 Å². The molecular weight excluding hydrogens is 433 g/mol. The summed E-state index contributed by atoms with van der Waals surface area (Å²) in [5.41, 5.74) is -1.80. The monoisotopic (exact) mass is 446 g/mol. The summed E-state index contributed by atoms with van der Waals surface area (Å²) >= 11 is 0.917. The van der Waals surface area contributed by atoms with Crippen LogP contribution in [-0.4, -0.2) is 0 Å². The van der Waals surface area contributed by atoms with Gasteiger partial charge >= 0.3 is 12.4 Å². The van der Waals surface area contributed by atoms with Gasteiger partial charge in [0.05, 0.1) is 11.1 Å². The fourth-order valence-electron chi connectivity index (χ4n) is 2.58. The van der Waals surface area contributed by atoms with Crippen LogP contribution in [0, 0.1) is 0 Å². The van der Waals surface area contributed by atoms with E-state index in [0.29, 0.717) is 4.90 Å². The standard InChI is InChI=1S/C20H13F6OPS/c21-19(22,23)14-6-10-16(11-7-14)28(27,29-18-4-2-1-3-5-18)17-12-8-15(9-13-17)20(24,25)26/h1-13H. The first-order valence-corrected chi connectivity index (χ1v) is 11.3. The zero-order valence-corrected chi connectivity index (χ0v) is 16.2. The van der Waals surface area contributed by atoms with Gasteiger partial charge < -0.3 is 4.57 Å². The molecule has 0 aliphatic rings. The van der Waals surface area contributed by atoms with E-state index < -0.39 is 29.8 Å². The molecule has 1 nitrogen and oxygen atoms in total. The van der Waals surface area contributed by atoms with E-state index in [1.807, 2.05) is 0 Å². The average Bonchev–Trinajstić information content (AvgIpc) is 2.67. The summed E-state index contributed by atoms with van der Waals surface area (Å²) in [7, 11) is 0. The second-order valence-electron chi connectivity index (χ2n) is 6.05. The van der Waals surface area contributed by atoms with E-state index in [2.05, 4.69) is 0 Å². The minimum absolute atomic E-state index is 0.110. The average molecular weight is 446 g/mol. The Morgan fingerprint density at radius 2 is 0.966 bits per heavy atom. The van der Waals surface area contributed by atoms with Gasteiger partial charge in [0.1, 0.15) is 0 Å². The zero-order chi connectivity index (χ0) is 21.3. The molecule has 3 aromatic carbocycles. The first kappa shape index (κ1) is 21.5. The Hall–Kier alpha value is -2.18. The number of halogens is 6. The molecule has 0 radical (unpaired) electrons. The number of rotatable bonds is 4. The lowest BCUT2D eigenvalue weighted by atomic mass is 10.2. The molecule has 29 heavy (non-hydrogen) atoms. The highest BCUT2D eigenvalue weighted by atomic mass is 32.7. The van der Waals surface area contributed by atoms with E-state index in [0.717, 1.165) is 59.9 Å². The fourth-order valence-corrected chi connectivity index (χ4v) is 7.36. The highest BCUT2D eigenvalue weighted by Crippen LogP contribution is 2.60. The number of alkyl halides is 6. The summed E-state index contributed by atoms with van der Waals surface area (Å²) in [6, 6.07) is 16.2. The second-order valence-corrected chi connectivity index (χ2v) is 10.9. The topological polar surface area (TPSA) is 17.1 Å². The van der Waals surface area contributed by atoms with E-state index in [1.165, 1.54) is 0 Å².